The molecule has 2 heterocycles. The van der Waals surface area contributed by atoms with E-state index in [1.807, 2.05) is 54.6 Å². The maximum atomic E-state index is 13.1. The lowest BCUT2D eigenvalue weighted by atomic mass is 10.1. The van der Waals surface area contributed by atoms with E-state index >= 15 is 0 Å². The van der Waals surface area contributed by atoms with Crippen molar-refractivity contribution in [3.05, 3.63) is 54.6 Å². The first kappa shape index (κ1) is 21.4. The number of amides is 2. The van der Waals surface area contributed by atoms with Crippen molar-refractivity contribution in [2.75, 3.05) is 29.6 Å². The largest absolute Gasteiger partial charge is 0.497 e. The molecule has 1 aromatic heterocycles. The fraction of sp³-hybridized carbons (Fsp3) is 0.261. The molecule has 31 heavy (non-hydrogen) atoms. The smallest absolute Gasteiger partial charge is 0.230 e. The summed E-state index contributed by atoms with van der Waals surface area (Å²) in [6.45, 7) is 2.43. The summed E-state index contributed by atoms with van der Waals surface area (Å²) in [5, 5.41) is 3.77. The Hall–Kier alpha value is -2.84. The highest BCUT2D eigenvalue weighted by Gasteiger charge is 2.35. The second kappa shape index (κ2) is 9.53. The molecule has 1 unspecified atom stereocenters. The van der Waals surface area contributed by atoms with Gasteiger partial charge in [-0.05, 0) is 30.0 Å². The normalized spacial score (nSPS) is 15.9. The van der Waals surface area contributed by atoms with Crippen molar-refractivity contribution in [3.8, 4) is 17.0 Å². The number of nitrogens with one attached hydrogen (secondary N) is 1. The third-order valence-corrected chi connectivity index (χ3v) is 7.04. The van der Waals surface area contributed by atoms with Gasteiger partial charge in [0.2, 0.25) is 11.8 Å². The molecule has 1 aliphatic rings. The van der Waals surface area contributed by atoms with Gasteiger partial charge in [0.25, 0.3) is 0 Å². The number of benzene rings is 2. The van der Waals surface area contributed by atoms with E-state index in [0.29, 0.717) is 6.54 Å². The number of thioether (sulfide) groups is 1. The molecular weight excluding hydrogens is 430 g/mol. The highest BCUT2D eigenvalue weighted by molar-refractivity contribution is 8.01. The summed E-state index contributed by atoms with van der Waals surface area (Å²) in [4.78, 5) is 32.0. The number of ether oxygens (including phenoxy) is 1. The van der Waals surface area contributed by atoms with E-state index in [9.17, 15) is 9.59 Å². The van der Waals surface area contributed by atoms with Crippen molar-refractivity contribution in [3.63, 3.8) is 0 Å². The molecule has 1 atom stereocenters. The van der Waals surface area contributed by atoms with Gasteiger partial charge in [-0.15, -0.1) is 0 Å². The van der Waals surface area contributed by atoms with E-state index in [1.54, 1.807) is 23.8 Å². The Kier molecular flexibility index (Phi) is 6.58. The van der Waals surface area contributed by atoms with Crippen LogP contribution in [0.2, 0.25) is 0 Å². The van der Waals surface area contributed by atoms with E-state index in [1.165, 1.54) is 11.3 Å². The van der Waals surface area contributed by atoms with Crippen LogP contribution in [-0.2, 0) is 9.59 Å². The molecule has 160 valence electrons. The van der Waals surface area contributed by atoms with Crippen LogP contribution >= 0.6 is 23.1 Å². The van der Waals surface area contributed by atoms with Crippen LogP contribution in [0.3, 0.4) is 0 Å². The highest BCUT2D eigenvalue weighted by Crippen LogP contribution is 2.38. The van der Waals surface area contributed by atoms with Crippen molar-refractivity contribution >= 4 is 45.6 Å². The molecule has 0 saturated carbocycles. The van der Waals surface area contributed by atoms with Crippen LogP contribution in [0.15, 0.2) is 58.9 Å². The lowest BCUT2D eigenvalue weighted by molar-refractivity contribution is -0.122. The number of rotatable bonds is 7. The lowest BCUT2D eigenvalue weighted by Crippen LogP contribution is -2.28. The predicted molar refractivity (Wildman–Crippen MR) is 126 cm³/mol. The molecule has 1 N–H and O–H groups in total. The number of nitrogens with zero attached hydrogens (tertiary/aromatic N) is 2. The minimum Gasteiger partial charge on any atom is -0.497 e. The van der Waals surface area contributed by atoms with Gasteiger partial charge in [0.1, 0.15) is 16.4 Å². The Morgan fingerprint density at radius 2 is 1.97 bits per heavy atom. The van der Waals surface area contributed by atoms with Crippen LogP contribution in [-0.4, -0.2) is 36.2 Å². The average Bonchev–Trinajstić information content (AvgIpc) is 3.38. The number of methoxy groups -OCH3 is 1. The van der Waals surface area contributed by atoms with Crippen molar-refractivity contribution < 1.29 is 14.3 Å². The Balaban J connectivity index is 1.51. The number of hydrogen-bond acceptors (Lipinski definition) is 6. The standard InChI is InChI=1S/C23H23N3O3S2/c1-3-30-23-24-20(15-7-5-4-6-8-15)22(31-23)25-21(28)16-13-19(27)26(14-16)17-9-11-18(29-2)12-10-17/h4-12,16H,3,13-14H2,1-2H3,(H,25,28). The Morgan fingerprint density at radius 3 is 2.65 bits per heavy atom. The molecule has 0 radical (unpaired) electrons. The van der Waals surface area contributed by atoms with Gasteiger partial charge < -0.3 is 15.0 Å². The first-order valence-corrected chi connectivity index (χ1v) is 11.8. The quantitative estimate of drug-likeness (QED) is 0.514. The number of aromatic nitrogens is 1. The first-order valence-electron chi connectivity index (χ1n) is 10.0. The summed E-state index contributed by atoms with van der Waals surface area (Å²) in [5.74, 6) is 1.01. The molecule has 3 aromatic rings. The van der Waals surface area contributed by atoms with Crippen LogP contribution in [0.5, 0.6) is 5.75 Å². The number of thiazole rings is 1. The van der Waals surface area contributed by atoms with Gasteiger partial charge in [-0.25, -0.2) is 4.98 Å². The third kappa shape index (κ3) is 4.75. The van der Waals surface area contributed by atoms with Gasteiger partial charge in [0, 0.05) is 24.2 Å². The second-order valence-corrected chi connectivity index (χ2v) is 9.56. The zero-order valence-electron chi connectivity index (χ0n) is 17.3. The van der Waals surface area contributed by atoms with Crippen LogP contribution in [0.25, 0.3) is 11.3 Å². The van der Waals surface area contributed by atoms with Crippen molar-refractivity contribution in [1.82, 2.24) is 4.98 Å². The van der Waals surface area contributed by atoms with E-state index in [-0.39, 0.29) is 18.2 Å². The summed E-state index contributed by atoms with van der Waals surface area (Å²) in [7, 11) is 1.60. The lowest BCUT2D eigenvalue weighted by Gasteiger charge is -2.17. The van der Waals surface area contributed by atoms with Gasteiger partial charge in [-0.1, -0.05) is 60.4 Å². The molecule has 0 aliphatic carbocycles. The number of hydrogen-bond donors (Lipinski definition) is 1. The molecule has 2 amide bonds. The molecular formula is C23H23N3O3S2. The Labute approximate surface area is 189 Å². The topological polar surface area (TPSA) is 71.5 Å². The Morgan fingerprint density at radius 1 is 1.23 bits per heavy atom. The van der Waals surface area contributed by atoms with Gasteiger partial charge >= 0.3 is 0 Å². The number of carbonyl (C=O) groups is 2. The van der Waals surface area contributed by atoms with Gasteiger partial charge in [-0.3, -0.25) is 9.59 Å². The monoisotopic (exact) mass is 453 g/mol. The minimum absolute atomic E-state index is 0.0554. The van der Waals surface area contributed by atoms with Crippen LogP contribution in [0, 0.1) is 5.92 Å². The molecule has 0 spiro atoms. The molecule has 8 heteroatoms. The fourth-order valence-corrected chi connectivity index (χ4v) is 5.44. The summed E-state index contributed by atoms with van der Waals surface area (Å²) in [6, 6.07) is 17.1. The van der Waals surface area contributed by atoms with Gasteiger partial charge in [0.05, 0.1) is 13.0 Å². The van der Waals surface area contributed by atoms with Gasteiger partial charge in [0.15, 0.2) is 4.34 Å². The number of carbonyl (C=O) groups excluding carboxylic acids is 2. The molecule has 6 nitrogen and oxygen atoms in total. The zero-order valence-corrected chi connectivity index (χ0v) is 19.0. The summed E-state index contributed by atoms with van der Waals surface area (Å²) >= 11 is 3.12. The van der Waals surface area contributed by atoms with Crippen molar-refractivity contribution in [1.29, 1.82) is 0 Å². The molecule has 2 aromatic carbocycles. The van der Waals surface area contributed by atoms with Crippen molar-refractivity contribution in [2.24, 2.45) is 5.92 Å². The van der Waals surface area contributed by atoms with Gasteiger partial charge in [-0.2, -0.15) is 0 Å². The summed E-state index contributed by atoms with van der Waals surface area (Å²) < 4.78 is 6.09. The van der Waals surface area contributed by atoms with Crippen LogP contribution in [0.1, 0.15) is 13.3 Å². The second-order valence-electron chi connectivity index (χ2n) is 7.05. The van der Waals surface area contributed by atoms with Crippen molar-refractivity contribution in [2.45, 2.75) is 17.7 Å². The fourth-order valence-electron chi connectivity index (χ4n) is 3.47. The van der Waals surface area contributed by atoms with Crippen LogP contribution < -0.4 is 15.0 Å². The highest BCUT2D eigenvalue weighted by atomic mass is 32.2. The Bertz CT molecular complexity index is 1070. The minimum atomic E-state index is -0.414. The molecule has 0 bridgehead atoms. The SMILES string of the molecule is CCSc1nc(-c2ccccc2)c(NC(=O)C2CC(=O)N(c3ccc(OC)cc3)C2)s1. The van der Waals surface area contributed by atoms with E-state index < -0.39 is 5.92 Å². The summed E-state index contributed by atoms with van der Waals surface area (Å²) in [6.07, 6.45) is 0.188. The predicted octanol–water partition coefficient (Wildman–Crippen LogP) is 4.92. The van der Waals surface area contributed by atoms with E-state index in [4.69, 9.17) is 9.72 Å². The average molecular weight is 454 g/mol. The molecule has 1 aliphatic heterocycles. The van der Waals surface area contributed by atoms with Crippen LogP contribution in [0.4, 0.5) is 10.7 Å². The third-order valence-electron chi connectivity index (χ3n) is 5.04. The molecule has 4 rings (SSSR count). The maximum absolute atomic E-state index is 13.1. The first-order chi connectivity index (χ1) is 15.1. The molecule has 1 fully saturated rings. The maximum Gasteiger partial charge on any atom is 0.230 e. The molecule has 1 saturated heterocycles. The van der Waals surface area contributed by atoms with E-state index in [0.717, 1.165) is 37.8 Å². The summed E-state index contributed by atoms with van der Waals surface area (Å²) in [5.41, 5.74) is 2.50. The zero-order chi connectivity index (χ0) is 21.8. The number of anilines is 2. The van der Waals surface area contributed by atoms with E-state index in [2.05, 4.69) is 12.2 Å².